The highest BCUT2D eigenvalue weighted by Gasteiger charge is 2.11. The maximum absolute atomic E-state index is 5.74. The molecule has 2 N–H and O–H groups in total. The standard InChI is InChI=1S/C16H18BrNO3/c1-19-15-10-12(11-18)9-14(17)16(15)21-8-7-20-13-5-3-2-4-6-13/h2-6,9-10H,7-8,11,18H2,1H3. The summed E-state index contributed by atoms with van der Waals surface area (Å²) in [6.45, 7) is 1.33. The maximum Gasteiger partial charge on any atom is 0.175 e. The number of nitrogens with two attached hydrogens (primary N) is 1. The molecule has 2 aromatic rings. The lowest BCUT2D eigenvalue weighted by atomic mass is 10.2. The second-order valence-electron chi connectivity index (χ2n) is 4.32. The van der Waals surface area contributed by atoms with Crippen molar-refractivity contribution in [3.63, 3.8) is 0 Å². The number of halogens is 1. The van der Waals surface area contributed by atoms with E-state index >= 15 is 0 Å². The molecule has 112 valence electrons. The van der Waals surface area contributed by atoms with E-state index in [-0.39, 0.29) is 0 Å². The van der Waals surface area contributed by atoms with Crippen molar-refractivity contribution in [2.75, 3.05) is 20.3 Å². The highest BCUT2D eigenvalue weighted by molar-refractivity contribution is 9.10. The Morgan fingerprint density at radius 2 is 1.76 bits per heavy atom. The lowest BCUT2D eigenvalue weighted by molar-refractivity contribution is 0.210. The fraction of sp³-hybridized carbons (Fsp3) is 0.250. The monoisotopic (exact) mass is 351 g/mol. The van der Waals surface area contributed by atoms with E-state index in [4.69, 9.17) is 19.9 Å². The molecule has 21 heavy (non-hydrogen) atoms. The second kappa shape index (κ2) is 7.90. The molecule has 0 aliphatic carbocycles. The van der Waals surface area contributed by atoms with Gasteiger partial charge in [0.2, 0.25) is 0 Å². The van der Waals surface area contributed by atoms with Gasteiger partial charge < -0.3 is 19.9 Å². The summed E-state index contributed by atoms with van der Waals surface area (Å²) in [5.41, 5.74) is 6.62. The maximum atomic E-state index is 5.74. The number of rotatable bonds is 7. The quantitative estimate of drug-likeness (QED) is 0.777. The van der Waals surface area contributed by atoms with Crippen LogP contribution >= 0.6 is 15.9 Å². The predicted molar refractivity (Wildman–Crippen MR) is 86.0 cm³/mol. The van der Waals surface area contributed by atoms with Crippen LogP contribution in [0.2, 0.25) is 0 Å². The molecule has 4 nitrogen and oxygen atoms in total. The van der Waals surface area contributed by atoms with Gasteiger partial charge in [0.05, 0.1) is 11.6 Å². The zero-order valence-electron chi connectivity index (χ0n) is 11.8. The Kier molecular flexibility index (Phi) is 5.90. The van der Waals surface area contributed by atoms with Gasteiger partial charge in [0.1, 0.15) is 19.0 Å². The van der Waals surface area contributed by atoms with E-state index in [1.54, 1.807) is 7.11 Å². The number of hydrogen-bond donors (Lipinski definition) is 1. The average molecular weight is 352 g/mol. The first-order chi connectivity index (χ1) is 10.2. The van der Waals surface area contributed by atoms with Crippen LogP contribution < -0.4 is 19.9 Å². The third kappa shape index (κ3) is 4.37. The molecular formula is C16H18BrNO3. The Morgan fingerprint density at radius 3 is 2.43 bits per heavy atom. The van der Waals surface area contributed by atoms with Gasteiger partial charge in [0.25, 0.3) is 0 Å². The Labute approximate surface area is 132 Å². The minimum Gasteiger partial charge on any atom is -0.493 e. The summed E-state index contributed by atoms with van der Waals surface area (Å²) in [4.78, 5) is 0. The minimum absolute atomic E-state index is 0.422. The van der Waals surface area contributed by atoms with Crippen molar-refractivity contribution in [3.8, 4) is 17.2 Å². The van der Waals surface area contributed by atoms with E-state index in [0.29, 0.717) is 31.3 Å². The first-order valence-corrected chi connectivity index (χ1v) is 7.41. The van der Waals surface area contributed by atoms with Crippen molar-refractivity contribution in [2.24, 2.45) is 5.73 Å². The average Bonchev–Trinajstić information content (AvgIpc) is 2.53. The van der Waals surface area contributed by atoms with Crippen LogP contribution in [0.1, 0.15) is 5.56 Å². The molecule has 0 bridgehead atoms. The molecule has 0 amide bonds. The van der Waals surface area contributed by atoms with Gasteiger partial charge in [-0.15, -0.1) is 0 Å². The van der Waals surface area contributed by atoms with E-state index in [2.05, 4.69) is 15.9 Å². The van der Waals surface area contributed by atoms with Crippen LogP contribution in [-0.2, 0) is 6.54 Å². The molecule has 0 spiro atoms. The summed E-state index contributed by atoms with van der Waals surface area (Å²) < 4.78 is 17.5. The van der Waals surface area contributed by atoms with Gasteiger partial charge in [0.15, 0.2) is 11.5 Å². The molecule has 0 heterocycles. The summed E-state index contributed by atoms with van der Waals surface area (Å²) in [7, 11) is 1.61. The molecule has 0 aliphatic rings. The Hall–Kier alpha value is -1.72. The van der Waals surface area contributed by atoms with Crippen molar-refractivity contribution in [1.29, 1.82) is 0 Å². The highest BCUT2D eigenvalue weighted by atomic mass is 79.9. The first kappa shape index (κ1) is 15.7. The molecule has 0 atom stereocenters. The fourth-order valence-corrected chi connectivity index (χ4v) is 2.46. The zero-order chi connectivity index (χ0) is 15.1. The smallest absolute Gasteiger partial charge is 0.175 e. The zero-order valence-corrected chi connectivity index (χ0v) is 13.4. The summed E-state index contributed by atoms with van der Waals surface area (Å²) in [6, 6.07) is 13.4. The van der Waals surface area contributed by atoms with Crippen molar-refractivity contribution in [1.82, 2.24) is 0 Å². The van der Waals surface area contributed by atoms with Gasteiger partial charge in [0, 0.05) is 6.54 Å². The van der Waals surface area contributed by atoms with Gasteiger partial charge in [-0.05, 0) is 45.8 Å². The van der Waals surface area contributed by atoms with Crippen molar-refractivity contribution >= 4 is 15.9 Å². The molecule has 0 unspecified atom stereocenters. The van der Waals surface area contributed by atoms with Crippen LogP contribution in [0.4, 0.5) is 0 Å². The molecule has 2 aromatic carbocycles. The molecule has 5 heteroatoms. The van der Waals surface area contributed by atoms with Crippen LogP contribution in [0.25, 0.3) is 0 Å². The Morgan fingerprint density at radius 1 is 1.05 bits per heavy atom. The molecule has 2 rings (SSSR count). The SMILES string of the molecule is COc1cc(CN)cc(Br)c1OCCOc1ccccc1. The number of methoxy groups -OCH3 is 1. The van der Waals surface area contributed by atoms with Crippen LogP contribution in [0.3, 0.4) is 0 Å². The van der Waals surface area contributed by atoms with Gasteiger partial charge >= 0.3 is 0 Å². The van der Waals surface area contributed by atoms with E-state index < -0.39 is 0 Å². The topological polar surface area (TPSA) is 53.7 Å². The molecule has 0 saturated carbocycles. The third-order valence-corrected chi connectivity index (χ3v) is 3.46. The van der Waals surface area contributed by atoms with Crippen LogP contribution in [-0.4, -0.2) is 20.3 Å². The molecule has 0 aliphatic heterocycles. The minimum atomic E-state index is 0.422. The van der Waals surface area contributed by atoms with E-state index in [1.807, 2.05) is 42.5 Å². The van der Waals surface area contributed by atoms with Gasteiger partial charge in [-0.25, -0.2) is 0 Å². The normalized spacial score (nSPS) is 10.2. The number of hydrogen-bond acceptors (Lipinski definition) is 4. The van der Waals surface area contributed by atoms with Crippen LogP contribution in [0, 0.1) is 0 Å². The fourth-order valence-electron chi connectivity index (χ4n) is 1.85. The van der Waals surface area contributed by atoms with Gasteiger partial charge in [-0.2, -0.15) is 0 Å². The molecule has 0 radical (unpaired) electrons. The lowest BCUT2D eigenvalue weighted by Crippen LogP contribution is -2.10. The lowest BCUT2D eigenvalue weighted by Gasteiger charge is -2.14. The number of para-hydroxylation sites is 1. The first-order valence-electron chi connectivity index (χ1n) is 6.61. The van der Waals surface area contributed by atoms with Crippen LogP contribution in [0.15, 0.2) is 46.9 Å². The van der Waals surface area contributed by atoms with E-state index in [9.17, 15) is 0 Å². The summed E-state index contributed by atoms with van der Waals surface area (Å²) in [6.07, 6.45) is 0. The van der Waals surface area contributed by atoms with E-state index in [0.717, 1.165) is 15.8 Å². The third-order valence-electron chi connectivity index (χ3n) is 2.87. The second-order valence-corrected chi connectivity index (χ2v) is 5.18. The van der Waals surface area contributed by atoms with Crippen LogP contribution in [0.5, 0.6) is 17.2 Å². The Balaban J connectivity index is 1.93. The van der Waals surface area contributed by atoms with Crippen molar-refractivity contribution < 1.29 is 14.2 Å². The predicted octanol–water partition coefficient (Wildman–Crippen LogP) is 3.37. The van der Waals surface area contributed by atoms with Gasteiger partial charge in [-0.3, -0.25) is 0 Å². The summed E-state index contributed by atoms with van der Waals surface area (Å²) >= 11 is 3.48. The summed E-state index contributed by atoms with van der Waals surface area (Å²) in [5, 5.41) is 0. The van der Waals surface area contributed by atoms with Crippen molar-refractivity contribution in [3.05, 3.63) is 52.5 Å². The highest BCUT2D eigenvalue weighted by Crippen LogP contribution is 2.36. The molecule has 0 fully saturated rings. The largest absolute Gasteiger partial charge is 0.493 e. The molecule has 0 aromatic heterocycles. The van der Waals surface area contributed by atoms with Gasteiger partial charge in [-0.1, -0.05) is 18.2 Å². The number of ether oxygens (including phenoxy) is 3. The van der Waals surface area contributed by atoms with E-state index in [1.165, 1.54) is 0 Å². The number of benzene rings is 2. The van der Waals surface area contributed by atoms with Crippen molar-refractivity contribution in [2.45, 2.75) is 6.54 Å². The molecule has 0 saturated heterocycles. The summed E-state index contributed by atoms with van der Waals surface area (Å²) in [5.74, 6) is 2.14. The Bertz CT molecular complexity index is 575. The molecular weight excluding hydrogens is 334 g/mol.